The van der Waals surface area contributed by atoms with Crippen LogP contribution in [0.4, 0.5) is 27.6 Å². The molecule has 0 fully saturated rings. The van der Waals surface area contributed by atoms with Crippen molar-refractivity contribution in [1.29, 1.82) is 0 Å². The first kappa shape index (κ1) is 24.2. The number of nitrogens with zero attached hydrogens (tertiary/aromatic N) is 1. The molecule has 0 radical (unpaired) electrons. The number of carbonyl (C=O) groups is 2. The number of fused-ring (bicyclic) bond motifs is 3. The van der Waals surface area contributed by atoms with Crippen LogP contribution in [0.3, 0.4) is 0 Å². The Bertz CT molecular complexity index is 1440. The van der Waals surface area contributed by atoms with Crippen molar-refractivity contribution in [1.82, 2.24) is 10.2 Å². The van der Waals surface area contributed by atoms with Crippen molar-refractivity contribution in [2.75, 3.05) is 12.4 Å². The van der Waals surface area contributed by atoms with Gasteiger partial charge in [0.2, 0.25) is 0 Å². The summed E-state index contributed by atoms with van der Waals surface area (Å²) in [5, 5.41) is 5.48. The molecule has 1 unspecified atom stereocenters. The lowest BCUT2D eigenvalue weighted by molar-refractivity contribution is -0.137. The van der Waals surface area contributed by atoms with E-state index in [0.717, 1.165) is 23.3 Å². The molecule has 3 aromatic rings. The van der Waals surface area contributed by atoms with Crippen molar-refractivity contribution in [3.05, 3.63) is 98.1 Å². The van der Waals surface area contributed by atoms with Crippen molar-refractivity contribution >= 4 is 29.1 Å². The van der Waals surface area contributed by atoms with E-state index in [4.69, 9.17) is 11.6 Å². The molecule has 2 N–H and O–H groups in total. The summed E-state index contributed by atoms with van der Waals surface area (Å²) < 4.78 is 67.5. The first-order valence-corrected chi connectivity index (χ1v) is 11.1. The number of hydrogen-bond acceptors (Lipinski definition) is 3. The number of anilines is 1. The highest BCUT2D eigenvalue weighted by atomic mass is 35.5. The number of rotatable bonds is 3. The van der Waals surface area contributed by atoms with E-state index in [0.29, 0.717) is 36.9 Å². The van der Waals surface area contributed by atoms with Gasteiger partial charge < -0.3 is 10.6 Å². The number of nitrogens with one attached hydrogen (secondary N) is 2. The highest BCUT2D eigenvalue weighted by Gasteiger charge is 2.39. The molecular weight excluding hydrogens is 505 g/mol. The predicted molar refractivity (Wildman–Crippen MR) is 122 cm³/mol. The SMILES string of the molecule is CN1Cc2cc(NC(=O)c3cc(F)cc(C(F)(F)F)c3)c3c(c2C1)C(=O)NC3c1cc(F)ccc1Cl. The quantitative estimate of drug-likeness (QED) is 0.437. The van der Waals surface area contributed by atoms with E-state index in [9.17, 15) is 31.5 Å². The second-order valence-corrected chi connectivity index (χ2v) is 9.18. The summed E-state index contributed by atoms with van der Waals surface area (Å²) in [6.45, 7) is 0.907. The third-order valence-electron chi connectivity index (χ3n) is 6.23. The van der Waals surface area contributed by atoms with Gasteiger partial charge in [0.25, 0.3) is 11.8 Å². The van der Waals surface area contributed by atoms with Crippen molar-refractivity contribution in [3.63, 3.8) is 0 Å². The van der Waals surface area contributed by atoms with Gasteiger partial charge in [0.05, 0.1) is 17.2 Å². The van der Waals surface area contributed by atoms with Crippen LogP contribution in [-0.4, -0.2) is 23.8 Å². The van der Waals surface area contributed by atoms with E-state index >= 15 is 0 Å². The Hall–Kier alpha value is -3.50. The third-order valence-corrected chi connectivity index (χ3v) is 6.58. The van der Waals surface area contributed by atoms with Gasteiger partial charge in [-0.1, -0.05) is 11.6 Å². The molecule has 5 nitrogen and oxygen atoms in total. The van der Waals surface area contributed by atoms with Gasteiger partial charge >= 0.3 is 6.18 Å². The Balaban J connectivity index is 1.64. The standard InChI is InChI=1S/C25H17ClF5N3O2/c1-34-9-12-6-19(32-23(35)11-4-13(25(29,30)31)7-15(28)5-11)21-20(17(12)10-34)24(36)33-22(21)16-8-14(27)2-3-18(16)26/h2-8,22H,9-10H2,1H3,(H,32,35)(H,33,36). The Morgan fingerprint density at radius 1 is 1.08 bits per heavy atom. The van der Waals surface area contributed by atoms with Crippen LogP contribution in [0.5, 0.6) is 0 Å². The number of carbonyl (C=O) groups excluding carboxylic acids is 2. The van der Waals surface area contributed by atoms with Gasteiger partial charge in [-0.25, -0.2) is 8.78 Å². The first-order chi connectivity index (χ1) is 16.9. The van der Waals surface area contributed by atoms with Crippen molar-refractivity contribution in [2.24, 2.45) is 0 Å². The van der Waals surface area contributed by atoms with Crippen molar-refractivity contribution in [2.45, 2.75) is 25.3 Å². The van der Waals surface area contributed by atoms with Gasteiger partial charge in [0, 0.05) is 40.5 Å². The first-order valence-electron chi connectivity index (χ1n) is 10.7. The molecule has 5 rings (SSSR count). The maximum absolute atomic E-state index is 14.1. The van der Waals surface area contributed by atoms with E-state index in [1.165, 1.54) is 6.07 Å². The van der Waals surface area contributed by atoms with Gasteiger partial charge in [0.1, 0.15) is 11.6 Å². The summed E-state index contributed by atoms with van der Waals surface area (Å²) >= 11 is 6.30. The summed E-state index contributed by atoms with van der Waals surface area (Å²) in [5.74, 6) is -3.28. The second kappa shape index (κ2) is 8.56. The van der Waals surface area contributed by atoms with E-state index in [2.05, 4.69) is 10.6 Å². The summed E-state index contributed by atoms with van der Waals surface area (Å²) in [7, 11) is 1.84. The molecule has 2 aliphatic rings. The molecule has 0 aliphatic carbocycles. The summed E-state index contributed by atoms with van der Waals surface area (Å²) in [4.78, 5) is 28.0. The predicted octanol–water partition coefficient (Wildman–Crippen LogP) is 5.67. The van der Waals surface area contributed by atoms with Crippen LogP contribution in [0.1, 0.15) is 54.6 Å². The summed E-state index contributed by atoms with van der Waals surface area (Å²) in [6, 6.07) is 5.88. The molecule has 0 spiro atoms. The number of hydrogen-bond donors (Lipinski definition) is 2. The molecule has 11 heteroatoms. The molecule has 36 heavy (non-hydrogen) atoms. The fraction of sp³-hybridized carbons (Fsp3) is 0.200. The molecule has 0 aromatic heterocycles. The maximum atomic E-state index is 14.1. The average molecular weight is 522 g/mol. The third kappa shape index (κ3) is 4.20. The second-order valence-electron chi connectivity index (χ2n) is 8.78. The van der Waals surface area contributed by atoms with E-state index in [1.807, 2.05) is 11.9 Å². The lowest BCUT2D eigenvalue weighted by atomic mass is 9.91. The Kier molecular flexibility index (Phi) is 5.76. The van der Waals surface area contributed by atoms with Crippen molar-refractivity contribution < 1.29 is 31.5 Å². The average Bonchev–Trinajstić information content (AvgIpc) is 3.33. The number of benzene rings is 3. The van der Waals surface area contributed by atoms with Gasteiger partial charge in [-0.2, -0.15) is 13.2 Å². The van der Waals surface area contributed by atoms with Crippen LogP contribution in [0, 0.1) is 11.6 Å². The van der Waals surface area contributed by atoms with Crippen LogP contribution in [0.2, 0.25) is 5.02 Å². The smallest absolute Gasteiger partial charge is 0.341 e. The normalized spacial score (nSPS) is 17.1. The molecular formula is C25H17ClF5N3O2. The number of halogens is 6. The lowest BCUT2D eigenvalue weighted by Crippen LogP contribution is -2.21. The van der Waals surface area contributed by atoms with Gasteiger partial charge in [0.15, 0.2) is 0 Å². The topological polar surface area (TPSA) is 61.4 Å². The molecule has 0 saturated heterocycles. The van der Waals surface area contributed by atoms with Gasteiger partial charge in [-0.05, 0) is 60.6 Å². The molecule has 2 aliphatic heterocycles. The number of alkyl halides is 3. The van der Waals surface area contributed by atoms with E-state index in [1.54, 1.807) is 6.07 Å². The Labute approximate surface area is 206 Å². The fourth-order valence-electron chi connectivity index (χ4n) is 4.72. The van der Waals surface area contributed by atoms with Crippen LogP contribution in [0.15, 0.2) is 42.5 Å². The Morgan fingerprint density at radius 3 is 2.56 bits per heavy atom. The molecule has 2 amide bonds. The fourth-order valence-corrected chi connectivity index (χ4v) is 4.95. The van der Waals surface area contributed by atoms with Crippen LogP contribution in [-0.2, 0) is 19.3 Å². The van der Waals surface area contributed by atoms with E-state index in [-0.39, 0.29) is 21.8 Å². The van der Waals surface area contributed by atoms with Crippen LogP contribution in [0.25, 0.3) is 0 Å². The van der Waals surface area contributed by atoms with Crippen LogP contribution < -0.4 is 10.6 Å². The monoisotopic (exact) mass is 521 g/mol. The van der Waals surface area contributed by atoms with Gasteiger partial charge in [-0.3, -0.25) is 14.5 Å². The zero-order valence-corrected chi connectivity index (χ0v) is 19.3. The summed E-state index contributed by atoms with van der Waals surface area (Å²) in [6.07, 6.45) is -4.86. The Morgan fingerprint density at radius 2 is 1.83 bits per heavy atom. The molecule has 1 atom stereocenters. The highest BCUT2D eigenvalue weighted by molar-refractivity contribution is 6.31. The minimum atomic E-state index is -4.86. The molecule has 0 bridgehead atoms. The van der Waals surface area contributed by atoms with Crippen molar-refractivity contribution in [3.8, 4) is 0 Å². The molecule has 2 heterocycles. The maximum Gasteiger partial charge on any atom is 0.416 e. The van der Waals surface area contributed by atoms with Crippen LogP contribution >= 0.6 is 11.6 Å². The molecule has 0 saturated carbocycles. The minimum absolute atomic E-state index is 0.130. The summed E-state index contributed by atoms with van der Waals surface area (Å²) in [5.41, 5.74) is 0.573. The number of amides is 2. The zero-order valence-electron chi connectivity index (χ0n) is 18.6. The molecule has 186 valence electrons. The highest BCUT2D eigenvalue weighted by Crippen LogP contribution is 2.44. The minimum Gasteiger partial charge on any atom is -0.341 e. The lowest BCUT2D eigenvalue weighted by Gasteiger charge is -2.19. The van der Waals surface area contributed by atoms with Gasteiger partial charge in [-0.15, -0.1) is 0 Å². The molecule has 3 aromatic carbocycles. The zero-order chi connectivity index (χ0) is 25.9. The largest absolute Gasteiger partial charge is 0.416 e. The van der Waals surface area contributed by atoms with E-state index < -0.39 is 46.8 Å².